The van der Waals surface area contributed by atoms with Gasteiger partial charge in [-0.25, -0.2) is 0 Å². The lowest BCUT2D eigenvalue weighted by Gasteiger charge is -2.15. The van der Waals surface area contributed by atoms with Crippen molar-refractivity contribution in [3.8, 4) is 0 Å². The van der Waals surface area contributed by atoms with Crippen LogP contribution >= 0.6 is 0 Å². The molecular weight excluding hydrogens is 230 g/mol. The molecule has 0 aliphatic rings. The maximum Gasteiger partial charge on any atom is 0.228 e. The minimum absolute atomic E-state index is 0.117. The first-order valence-corrected chi connectivity index (χ1v) is 6.56. The Morgan fingerprint density at radius 3 is 2.56 bits per heavy atom. The molecule has 18 heavy (non-hydrogen) atoms. The number of methoxy groups -OCH3 is 1. The van der Waals surface area contributed by atoms with E-state index >= 15 is 0 Å². The fourth-order valence-electron chi connectivity index (χ4n) is 1.88. The van der Waals surface area contributed by atoms with Crippen molar-refractivity contribution in [2.45, 2.75) is 52.2 Å². The highest BCUT2D eigenvalue weighted by Gasteiger charge is 2.15. The smallest absolute Gasteiger partial charge is 0.228 e. The van der Waals surface area contributed by atoms with E-state index in [1.807, 2.05) is 14.0 Å². The average Bonchev–Trinajstić information content (AvgIpc) is 2.74. The van der Waals surface area contributed by atoms with Crippen LogP contribution in [0.15, 0.2) is 4.52 Å². The van der Waals surface area contributed by atoms with Crippen molar-refractivity contribution >= 4 is 0 Å². The van der Waals surface area contributed by atoms with Crippen molar-refractivity contribution in [1.29, 1.82) is 0 Å². The third-order valence-electron chi connectivity index (χ3n) is 2.97. The summed E-state index contributed by atoms with van der Waals surface area (Å²) in [5.74, 6) is 2.07. The van der Waals surface area contributed by atoms with Gasteiger partial charge in [0, 0.05) is 26.0 Å². The Bertz CT molecular complexity index is 339. The lowest BCUT2D eigenvalue weighted by atomic mass is 10.0. The van der Waals surface area contributed by atoms with Gasteiger partial charge < -0.3 is 14.6 Å². The summed E-state index contributed by atoms with van der Waals surface area (Å²) < 4.78 is 10.5. The maximum absolute atomic E-state index is 5.27. The zero-order valence-electron chi connectivity index (χ0n) is 12.1. The zero-order chi connectivity index (χ0) is 13.5. The summed E-state index contributed by atoms with van der Waals surface area (Å²) >= 11 is 0. The summed E-state index contributed by atoms with van der Waals surface area (Å²) in [5, 5.41) is 7.27. The Morgan fingerprint density at radius 1 is 1.28 bits per heavy atom. The summed E-state index contributed by atoms with van der Waals surface area (Å²) in [6, 6.07) is 0.387. The Morgan fingerprint density at radius 2 is 2.00 bits per heavy atom. The Balaban J connectivity index is 2.51. The molecule has 0 radical (unpaired) electrons. The van der Waals surface area contributed by atoms with Gasteiger partial charge in [0.1, 0.15) is 0 Å². The minimum atomic E-state index is 0.117. The second-order valence-corrected chi connectivity index (χ2v) is 5.17. The van der Waals surface area contributed by atoms with E-state index in [2.05, 4.69) is 29.3 Å². The standard InChI is InChI=1S/C13H25N3O2/c1-9(2)6-11(14-4)8-13-15-12(16-18-13)7-10(3)17-5/h9-11,14H,6-8H2,1-5H3. The highest BCUT2D eigenvalue weighted by molar-refractivity contribution is 4.91. The van der Waals surface area contributed by atoms with Gasteiger partial charge >= 0.3 is 0 Å². The molecule has 1 N–H and O–H groups in total. The maximum atomic E-state index is 5.27. The molecule has 0 aromatic carbocycles. The van der Waals surface area contributed by atoms with Gasteiger partial charge in [0.05, 0.1) is 6.10 Å². The lowest BCUT2D eigenvalue weighted by Crippen LogP contribution is -2.29. The Hall–Kier alpha value is -0.940. The first-order chi connectivity index (χ1) is 8.55. The molecule has 0 fully saturated rings. The van der Waals surface area contributed by atoms with Crippen LogP contribution in [0.1, 0.15) is 38.9 Å². The number of aromatic nitrogens is 2. The number of hydrogen-bond acceptors (Lipinski definition) is 5. The molecule has 1 heterocycles. The third kappa shape index (κ3) is 5.14. The minimum Gasteiger partial charge on any atom is -0.381 e. The van der Waals surface area contributed by atoms with E-state index in [9.17, 15) is 0 Å². The van der Waals surface area contributed by atoms with Gasteiger partial charge in [-0.05, 0) is 26.3 Å². The van der Waals surface area contributed by atoms with Crippen molar-refractivity contribution in [1.82, 2.24) is 15.5 Å². The van der Waals surface area contributed by atoms with Gasteiger partial charge in [0.2, 0.25) is 5.89 Å². The van der Waals surface area contributed by atoms with Crippen LogP contribution in [-0.2, 0) is 17.6 Å². The van der Waals surface area contributed by atoms with E-state index in [1.165, 1.54) is 0 Å². The number of rotatable bonds is 8. The molecule has 1 aromatic heterocycles. The topological polar surface area (TPSA) is 60.2 Å². The molecular formula is C13H25N3O2. The summed E-state index contributed by atoms with van der Waals surface area (Å²) in [4.78, 5) is 4.40. The number of ether oxygens (including phenoxy) is 1. The largest absolute Gasteiger partial charge is 0.381 e. The molecule has 2 unspecified atom stereocenters. The average molecular weight is 255 g/mol. The monoisotopic (exact) mass is 255 g/mol. The number of hydrogen-bond donors (Lipinski definition) is 1. The molecule has 0 aliphatic heterocycles. The van der Waals surface area contributed by atoms with Crippen LogP contribution in [0.2, 0.25) is 0 Å². The second-order valence-electron chi connectivity index (χ2n) is 5.17. The molecule has 5 heteroatoms. The van der Waals surface area contributed by atoms with Crippen molar-refractivity contribution in [3.63, 3.8) is 0 Å². The van der Waals surface area contributed by atoms with Crippen LogP contribution < -0.4 is 5.32 Å². The highest BCUT2D eigenvalue weighted by Crippen LogP contribution is 2.10. The molecule has 5 nitrogen and oxygen atoms in total. The number of nitrogens with zero attached hydrogens (tertiary/aromatic N) is 2. The SMILES string of the molecule is CNC(Cc1nc(CC(C)OC)no1)CC(C)C. The molecule has 104 valence electrons. The van der Waals surface area contributed by atoms with Crippen molar-refractivity contribution in [2.24, 2.45) is 5.92 Å². The Labute approximate surface area is 109 Å². The number of nitrogens with one attached hydrogen (secondary N) is 1. The molecule has 0 aliphatic carbocycles. The van der Waals surface area contributed by atoms with Crippen molar-refractivity contribution < 1.29 is 9.26 Å². The quantitative estimate of drug-likeness (QED) is 0.768. The molecule has 1 aromatic rings. The van der Waals surface area contributed by atoms with Crippen LogP contribution in [0.25, 0.3) is 0 Å². The third-order valence-corrected chi connectivity index (χ3v) is 2.97. The summed E-state index contributed by atoms with van der Waals surface area (Å²) in [7, 11) is 3.66. The van der Waals surface area contributed by atoms with Crippen LogP contribution in [-0.4, -0.2) is 36.4 Å². The van der Waals surface area contributed by atoms with E-state index in [0.717, 1.165) is 18.7 Å². The van der Waals surface area contributed by atoms with Gasteiger partial charge in [-0.3, -0.25) is 0 Å². The summed E-state index contributed by atoms with van der Waals surface area (Å²) in [6.45, 7) is 6.42. The van der Waals surface area contributed by atoms with E-state index in [-0.39, 0.29) is 6.10 Å². The fraction of sp³-hybridized carbons (Fsp3) is 0.846. The summed E-state index contributed by atoms with van der Waals surface area (Å²) in [5.41, 5.74) is 0. The molecule has 1 rings (SSSR count). The summed E-state index contributed by atoms with van der Waals surface area (Å²) in [6.07, 6.45) is 2.69. The van der Waals surface area contributed by atoms with Crippen molar-refractivity contribution in [2.75, 3.05) is 14.2 Å². The van der Waals surface area contributed by atoms with Crippen molar-refractivity contribution in [3.05, 3.63) is 11.7 Å². The van der Waals surface area contributed by atoms with Gasteiger partial charge in [0.25, 0.3) is 0 Å². The predicted molar refractivity (Wildman–Crippen MR) is 70.5 cm³/mol. The van der Waals surface area contributed by atoms with Crippen LogP contribution in [0.5, 0.6) is 0 Å². The van der Waals surface area contributed by atoms with Gasteiger partial charge in [0.15, 0.2) is 5.82 Å². The first kappa shape index (κ1) is 15.1. The normalized spacial score (nSPS) is 15.0. The molecule has 0 bridgehead atoms. The zero-order valence-corrected chi connectivity index (χ0v) is 12.1. The molecule has 0 saturated carbocycles. The molecule has 0 saturated heterocycles. The number of likely N-dealkylation sites (N-methyl/N-ethyl adjacent to an activating group) is 1. The molecule has 0 spiro atoms. The van der Waals surface area contributed by atoms with Crippen LogP contribution in [0.4, 0.5) is 0 Å². The van der Waals surface area contributed by atoms with Crippen LogP contribution in [0.3, 0.4) is 0 Å². The Kier molecular flexibility index (Phi) is 6.29. The predicted octanol–water partition coefficient (Wildman–Crippen LogP) is 1.82. The van der Waals surface area contributed by atoms with E-state index in [1.54, 1.807) is 7.11 Å². The van der Waals surface area contributed by atoms with E-state index in [4.69, 9.17) is 9.26 Å². The molecule has 2 atom stereocenters. The second kappa shape index (κ2) is 7.48. The fourth-order valence-corrected chi connectivity index (χ4v) is 1.88. The van der Waals surface area contributed by atoms with E-state index < -0.39 is 0 Å². The van der Waals surface area contributed by atoms with Gasteiger partial charge in [-0.15, -0.1) is 0 Å². The highest BCUT2D eigenvalue weighted by atomic mass is 16.5. The molecule has 0 amide bonds. The van der Waals surface area contributed by atoms with Gasteiger partial charge in [-0.1, -0.05) is 19.0 Å². The lowest BCUT2D eigenvalue weighted by molar-refractivity contribution is 0.116. The van der Waals surface area contributed by atoms with Gasteiger partial charge in [-0.2, -0.15) is 4.98 Å². The van der Waals surface area contributed by atoms with E-state index in [0.29, 0.717) is 24.3 Å². The first-order valence-electron chi connectivity index (χ1n) is 6.56. The van der Waals surface area contributed by atoms with Crippen LogP contribution in [0, 0.1) is 5.92 Å².